The first-order chi connectivity index (χ1) is 15.4. The number of amides is 1. The van der Waals surface area contributed by atoms with E-state index in [1.807, 2.05) is 0 Å². The molecule has 1 atom stereocenters. The van der Waals surface area contributed by atoms with Gasteiger partial charge in [-0.05, 0) is 32.9 Å². The lowest BCUT2D eigenvalue weighted by Gasteiger charge is -2.40. The highest BCUT2D eigenvalue weighted by atomic mass is 32.2. The van der Waals surface area contributed by atoms with Gasteiger partial charge in [-0.2, -0.15) is 17.0 Å². The fraction of sp³-hybridized carbons (Fsp3) is 0.952. The zero-order chi connectivity index (χ0) is 22.6. The van der Waals surface area contributed by atoms with Crippen molar-refractivity contribution in [1.82, 2.24) is 23.7 Å². The molecule has 10 nitrogen and oxygen atoms in total. The maximum absolute atomic E-state index is 13.2. The summed E-state index contributed by atoms with van der Waals surface area (Å²) >= 11 is 0. The molecule has 4 aliphatic rings. The van der Waals surface area contributed by atoms with Crippen LogP contribution in [0.1, 0.15) is 32.1 Å². The van der Waals surface area contributed by atoms with Gasteiger partial charge in [-0.25, -0.2) is 0 Å². The monoisotopic (exact) mass is 473 g/mol. The summed E-state index contributed by atoms with van der Waals surface area (Å²) in [5, 5.41) is 3.04. The summed E-state index contributed by atoms with van der Waals surface area (Å²) in [6.07, 6.45) is 3.47. The van der Waals surface area contributed by atoms with Gasteiger partial charge in [0.15, 0.2) is 5.79 Å². The Bertz CT molecular complexity index is 727. The van der Waals surface area contributed by atoms with Crippen LogP contribution in [0.3, 0.4) is 0 Å². The Hall–Kier alpha value is -0.820. The molecule has 4 rings (SSSR count). The van der Waals surface area contributed by atoms with Crippen LogP contribution in [0.5, 0.6) is 0 Å². The molecule has 32 heavy (non-hydrogen) atoms. The molecular formula is C21H39N5O5S. The number of likely N-dealkylation sites (N-methyl/N-ethyl adjacent to an activating group) is 1. The third-order valence-corrected chi connectivity index (χ3v) is 9.25. The van der Waals surface area contributed by atoms with Crippen molar-refractivity contribution < 1.29 is 22.7 Å². The molecule has 0 bridgehead atoms. The molecule has 0 unspecified atom stereocenters. The first kappa shape index (κ1) is 24.3. The molecule has 4 saturated heterocycles. The number of nitrogens with zero attached hydrogens (tertiary/aromatic N) is 4. The zero-order valence-electron chi connectivity index (χ0n) is 19.3. The van der Waals surface area contributed by atoms with Crippen LogP contribution in [0.15, 0.2) is 0 Å². The average molecular weight is 474 g/mol. The van der Waals surface area contributed by atoms with Crippen LogP contribution in [0.2, 0.25) is 0 Å². The average Bonchev–Trinajstić information content (AvgIpc) is 3.26. The smallest absolute Gasteiger partial charge is 0.282 e. The molecule has 1 N–H and O–H groups in total. The predicted molar refractivity (Wildman–Crippen MR) is 120 cm³/mol. The van der Waals surface area contributed by atoms with E-state index in [0.717, 1.165) is 45.6 Å². The van der Waals surface area contributed by atoms with E-state index in [1.165, 1.54) is 8.61 Å². The summed E-state index contributed by atoms with van der Waals surface area (Å²) in [5.74, 6) is -0.895. The van der Waals surface area contributed by atoms with E-state index in [0.29, 0.717) is 58.7 Å². The molecule has 0 aromatic heterocycles. The van der Waals surface area contributed by atoms with Crippen LogP contribution in [-0.4, -0.2) is 124 Å². The highest BCUT2D eigenvalue weighted by Crippen LogP contribution is 2.33. The van der Waals surface area contributed by atoms with Gasteiger partial charge in [0.05, 0.1) is 19.1 Å². The summed E-state index contributed by atoms with van der Waals surface area (Å²) in [5.41, 5.74) is 0. The molecule has 0 saturated carbocycles. The van der Waals surface area contributed by atoms with Crippen LogP contribution in [0.4, 0.5) is 0 Å². The quantitative estimate of drug-likeness (QED) is 0.500. The number of rotatable bonds is 7. The van der Waals surface area contributed by atoms with Gasteiger partial charge in [0, 0.05) is 71.7 Å². The fourth-order valence-electron chi connectivity index (χ4n) is 5.10. The van der Waals surface area contributed by atoms with Crippen molar-refractivity contribution in [3.05, 3.63) is 0 Å². The molecule has 0 aromatic carbocycles. The first-order valence-corrected chi connectivity index (χ1v) is 13.5. The maximum atomic E-state index is 13.2. The minimum atomic E-state index is -3.58. The summed E-state index contributed by atoms with van der Waals surface area (Å²) in [6.45, 7) is 8.65. The molecule has 0 aliphatic carbocycles. The van der Waals surface area contributed by atoms with Crippen molar-refractivity contribution in [1.29, 1.82) is 0 Å². The van der Waals surface area contributed by atoms with Crippen molar-refractivity contribution in [2.24, 2.45) is 5.92 Å². The van der Waals surface area contributed by atoms with Gasteiger partial charge < -0.3 is 24.6 Å². The lowest BCUT2D eigenvalue weighted by Crippen LogP contribution is -2.54. The minimum absolute atomic E-state index is 0.0198. The molecule has 4 heterocycles. The maximum Gasteiger partial charge on any atom is 0.282 e. The van der Waals surface area contributed by atoms with E-state index in [4.69, 9.17) is 9.47 Å². The second-order valence-corrected chi connectivity index (χ2v) is 11.4. The molecule has 0 radical (unpaired) electrons. The number of carbonyl (C=O) groups is 1. The summed E-state index contributed by atoms with van der Waals surface area (Å²) < 4.78 is 40.8. The van der Waals surface area contributed by atoms with E-state index >= 15 is 0 Å². The first-order valence-electron chi connectivity index (χ1n) is 12.1. The molecule has 184 valence electrons. The lowest BCUT2D eigenvalue weighted by atomic mass is 9.99. The van der Waals surface area contributed by atoms with E-state index < -0.39 is 16.0 Å². The standard InChI is InChI=1S/C21H39N5O5S/c1-23-12-14-24(15-13-23)8-3-7-22-20(27)19-4-2-9-26(18-19)32(28,29)25-10-5-21(6-11-25)30-16-17-31-21/h19H,2-18H2,1H3,(H,22,27)/t19-/m1/s1. The molecular weight excluding hydrogens is 434 g/mol. The SMILES string of the molecule is CN1CCN(CCCNC(=O)[C@@H]2CCCN(S(=O)(=O)N3CCC4(CC3)OCCO4)C2)CC1. The largest absolute Gasteiger partial charge is 0.356 e. The number of carbonyl (C=O) groups excluding carboxylic acids is 1. The lowest BCUT2D eigenvalue weighted by molar-refractivity contribution is -0.179. The normalized spacial score (nSPS) is 28.8. The van der Waals surface area contributed by atoms with Crippen molar-refractivity contribution in [3.63, 3.8) is 0 Å². The summed E-state index contributed by atoms with van der Waals surface area (Å²) in [4.78, 5) is 17.5. The summed E-state index contributed by atoms with van der Waals surface area (Å²) in [6, 6.07) is 0. The van der Waals surface area contributed by atoms with Gasteiger partial charge in [-0.15, -0.1) is 0 Å². The van der Waals surface area contributed by atoms with Crippen molar-refractivity contribution in [2.75, 3.05) is 85.7 Å². The third kappa shape index (κ3) is 5.81. The Labute approximate surface area is 192 Å². The van der Waals surface area contributed by atoms with Gasteiger partial charge in [0.1, 0.15) is 0 Å². The Morgan fingerprint density at radius 1 is 1.00 bits per heavy atom. The van der Waals surface area contributed by atoms with E-state index in [-0.39, 0.29) is 18.4 Å². The zero-order valence-corrected chi connectivity index (χ0v) is 20.2. The van der Waals surface area contributed by atoms with Crippen molar-refractivity contribution in [3.8, 4) is 0 Å². The van der Waals surface area contributed by atoms with Crippen LogP contribution < -0.4 is 5.32 Å². The molecule has 1 spiro atoms. The number of hydrogen-bond acceptors (Lipinski definition) is 7. The number of piperidine rings is 2. The van der Waals surface area contributed by atoms with Gasteiger partial charge in [-0.3, -0.25) is 4.79 Å². The van der Waals surface area contributed by atoms with Gasteiger partial charge >= 0.3 is 0 Å². The Kier molecular flexibility index (Phi) is 8.07. The van der Waals surface area contributed by atoms with E-state index in [2.05, 4.69) is 22.2 Å². The van der Waals surface area contributed by atoms with Crippen LogP contribution in [0.25, 0.3) is 0 Å². The van der Waals surface area contributed by atoms with Crippen LogP contribution in [-0.2, 0) is 24.5 Å². The molecule has 1 amide bonds. The third-order valence-electron chi connectivity index (χ3n) is 7.25. The highest BCUT2D eigenvalue weighted by Gasteiger charge is 2.44. The molecule has 0 aromatic rings. The van der Waals surface area contributed by atoms with Gasteiger partial charge in [0.25, 0.3) is 10.2 Å². The van der Waals surface area contributed by atoms with E-state index in [9.17, 15) is 13.2 Å². The fourth-order valence-corrected chi connectivity index (χ4v) is 6.80. The number of nitrogens with one attached hydrogen (secondary N) is 1. The van der Waals surface area contributed by atoms with Crippen molar-refractivity contribution in [2.45, 2.75) is 37.9 Å². The minimum Gasteiger partial charge on any atom is -0.356 e. The number of piperazine rings is 1. The van der Waals surface area contributed by atoms with Gasteiger partial charge in [-0.1, -0.05) is 0 Å². The molecule has 11 heteroatoms. The molecule has 4 fully saturated rings. The number of hydrogen-bond donors (Lipinski definition) is 1. The Morgan fingerprint density at radius 2 is 1.69 bits per heavy atom. The van der Waals surface area contributed by atoms with E-state index in [1.54, 1.807) is 0 Å². The van der Waals surface area contributed by atoms with Crippen LogP contribution >= 0.6 is 0 Å². The second-order valence-electron chi connectivity index (χ2n) is 9.50. The predicted octanol–water partition coefficient (Wildman–Crippen LogP) is -0.464. The highest BCUT2D eigenvalue weighted by molar-refractivity contribution is 7.86. The van der Waals surface area contributed by atoms with Gasteiger partial charge in [0.2, 0.25) is 5.91 Å². The van der Waals surface area contributed by atoms with Crippen molar-refractivity contribution >= 4 is 16.1 Å². The number of ether oxygens (including phenoxy) is 2. The van der Waals surface area contributed by atoms with Crippen LogP contribution in [0, 0.1) is 5.92 Å². The summed E-state index contributed by atoms with van der Waals surface area (Å²) in [7, 11) is -1.43. The second kappa shape index (κ2) is 10.6. The Balaban J connectivity index is 1.20. The Morgan fingerprint density at radius 3 is 2.38 bits per heavy atom. The topological polar surface area (TPSA) is 94.7 Å². The molecule has 4 aliphatic heterocycles.